The molecule has 7 heteroatoms. The number of aromatic nitrogens is 4. The molecular formula is C14H15BrFN5. The molecule has 0 aliphatic heterocycles. The van der Waals surface area contributed by atoms with Gasteiger partial charge in [-0.3, -0.25) is 4.57 Å². The summed E-state index contributed by atoms with van der Waals surface area (Å²) in [4.78, 5) is 4.40. The number of rotatable bonds is 3. The molecule has 2 aromatic heterocycles. The van der Waals surface area contributed by atoms with Crippen LogP contribution in [0.4, 0.5) is 10.3 Å². The second kappa shape index (κ2) is 5.14. The zero-order chi connectivity index (χ0) is 15.1. The molecule has 0 unspecified atom stereocenters. The Kier molecular flexibility index (Phi) is 3.44. The van der Waals surface area contributed by atoms with Crippen molar-refractivity contribution in [1.82, 2.24) is 19.3 Å². The molecular weight excluding hydrogens is 337 g/mol. The number of hydrogen-bond donors (Lipinski definition) is 1. The van der Waals surface area contributed by atoms with Crippen molar-refractivity contribution in [3.63, 3.8) is 0 Å². The van der Waals surface area contributed by atoms with Crippen molar-refractivity contribution in [3.05, 3.63) is 34.2 Å². The molecule has 0 aliphatic rings. The van der Waals surface area contributed by atoms with E-state index in [0.29, 0.717) is 16.1 Å². The summed E-state index contributed by atoms with van der Waals surface area (Å²) in [5.41, 5.74) is 9.12. The summed E-state index contributed by atoms with van der Waals surface area (Å²) >= 11 is 3.15. The fourth-order valence-electron chi connectivity index (χ4n) is 2.48. The van der Waals surface area contributed by atoms with E-state index in [1.807, 2.05) is 7.05 Å². The van der Waals surface area contributed by atoms with Crippen LogP contribution in [-0.2, 0) is 13.5 Å². The fourth-order valence-corrected chi connectivity index (χ4v) is 2.73. The van der Waals surface area contributed by atoms with Gasteiger partial charge >= 0.3 is 0 Å². The molecule has 0 saturated heterocycles. The van der Waals surface area contributed by atoms with Crippen LogP contribution in [0.2, 0.25) is 0 Å². The van der Waals surface area contributed by atoms with Crippen molar-refractivity contribution in [3.8, 4) is 5.69 Å². The first-order valence-corrected chi connectivity index (χ1v) is 7.47. The lowest BCUT2D eigenvalue weighted by atomic mass is 10.2. The Morgan fingerprint density at radius 1 is 1.38 bits per heavy atom. The standard InChI is InChI=1S/C14H15BrFN5/c1-3-4-11-12-13(20(2)19-11)21(14(17)18-12)8-5-6-9(15)10(16)7-8/h5-7H,3-4H2,1-2H3,(H2,17,18). The van der Waals surface area contributed by atoms with E-state index in [1.54, 1.807) is 21.4 Å². The monoisotopic (exact) mass is 351 g/mol. The Balaban J connectivity index is 2.27. The first-order valence-electron chi connectivity index (χ1n) is 6.68. The topological polar surface area (TPSA) is 61.7 Å². The largest absolute Gasteiger partial charge is 0.369 e. The first-order chi connectivity index (χ1) is 10.0. The molecule has 3 rings (SSSR count). The predicted molar refractivity (Wildman–Crippen MR) is 83.9 cm³/mol. The molecule has 0 saturated carbocycles. The lowest BCUT2D eigenvalue weighted by Crippen LogP contribution is -2.05. The summed E-state index contributed by atoms with van der Waals surface area (Å²) in [6.07, 6.45) is 1.81. The number of nitrogens with zero attached hydrogens (tertiary/aromatic N) is 4. The van der Waals surface area contributed by atoms with E-state index in [9.17, 15) is 4.39 Å². The first kappa shape index (κ1) is 14.1. The summed E-state index contributed by atoms with van der Waals surface area (Å²) in [5.74, 6) is -0.0122. The summed E-state index contributed by atoms with van der Waals surface area (Å²) in [7, 11) is 1.84. The Hall–Kier alpha value is -1.89. The van der Waals surface area contributed by atoms with Gasteiger partial charge in [-0.1, -0.05) is 13.3 Å². The molecule has 1 aromatic carbocycles. The third-order valence-corrected chi connectivity index (χ3v) is 4.02. The molecule has 0 amide bonds. The minimum absolute atomic E-state index is 0.331. The van der Waals surface area contributed by atoms with Crippen LogP contribution in [0.5, 0.6) is 0 Å². The van der Waals surface area contributed by atoms with Crippen LogP contribution >= 0.6 is 15.9 Å². The van der Waals surface area contributed by atoms with Crippen LogP contribution < -0.4 is 5.73 Å². The van der Waals surface area contributed by atoms with Crippen molar-refractivity contribution in [2.45, 2.75) is 19.8 Å². The molecule has 0 bridgehead atoms. The smallest absolute Gasteiger partial charge is 0.207 e. The van der Waals surface area contributed by atoms with Gasteiger partial charge in [0.15, 0.2) is 5.65 Å². The van der Waals surface area contributed by atoms with Gasteiger partial charge in [-0.25, -0.2) is 14.1 Å². The summed E-state index contributed by atoms with van der Waals surface area (Å²) < 4.78 is 17.7. The highest BCUT2D eigenvalue weighted by Crippen LogP contribution is 2.27. The number of imidazole rings is 1. The molecule has 3 aromatic rings. The van der Waals surface area contributed by atoms with Crippen LogP contribution in [0.15, 0.2) is 22.7 Å². The van der Waals surface area contributed by atoms with E-state index in [0.717, 1.165) is 29.7 Å². The third kappa shape index (κ3) is 2.21. The average molecular weight is 352 g/mol. The highest BCUT2D eigenvalue weighted by Gasteiger charge is 2.19. The van der Waals surface area contributed by atoms with Crippen LogP contribution in [-0.4, -0.2) is 19.3 Å². The van der Waals surface area contributed by atoms with Gasteiger partial charge in [-0.05, 0) is 40.5 Å². The number of nitrogen functional groups attached to an aromatic ring is 1. The molecule has 0 aliphatic carbocycles. The van der Waals surface area contributed by atoms with Crippen molar-refractivity contribution < 1.29 is 4.39 Å². The molecule has 2 N–H and O–H groups in total. The van der Waals surface area contributed by atoms with Crippen molar-refractivity contribution in [1.29, 1.82) is 0 Å². The second-order valence-corrected chi connectivity index (χ2v) is 5.75. The van der Waals surface area contributed by atoms with Gasteiger partial charge in [-0.2, -0.15) is 5.10 Å². The van der Waals surface area contributed by atoms with Crippen LogP contribution in [0.3, 0.4) is 0 Å². The predicted octanol–water partition coefficient (Wildman–Crippen LogP) is 3.20. The summed E-state index contributed by atoms with van der Waals surface area (Å²) in [5, 5.41) is 4.48. The van der Waals surface area contributed by atoms with Crippen LogP contribution in [0.1, 0.15) is 19.0 Å². The molecule has 0 radical (unpaired) electrons. The molecule has 0 fully saturated rings. The lowest BCUT2D eigenvalue weighted by Gasteiger charge is -2.07. The van der Waals surface area contributed by atoms with Gasteiger partial charge in [-0.15, -0.1) is 0 Å². The highest BCUT2D eigenvalue weighted by atomic mass is 79.9. The van der Waals surface area contributed by atoms with Crippen molar-refractivity contribution in [2.75, 3.05) is 5.73 Å². The molecule has 110 valence electrons. The number of aryl methyl sites for hydroxylation is 2. The van der Waals surface area contributed by atoms with E-state index < -0.39 is 0 Å². The van der Waals surface area contributed by atoms with Gasteiger partial charge < -0.3 is 5.73 Å². The molecule has 0 spiro atoms. The Morgan fingerprint density at radius 3 is 2.81 bits per heavy atom. The Bertz CT molecular complexity index is 820. The van der Waals surface area contributed by atoms with Crippen molar-refractivity contribution in [2.24, 2.45) is 7.05 Å². The molecule has 21 heavy (non-hydrogen) atoms. The van der Waals surface area contributed by atoms with E-state index in [2.05, 4.69) is 32.9 Å². The van der Waals surface area contributed by atoms with E-state index in [-0.39, 0.29) is 5.82 Å². The zero-order valence-corrected chi connectivity index (χ0v) is 13.4. The lowest BCUT2D eigenvalue weighted by molar-refractivity contribution is 0.620. The number of anilines is 1. The van der Waals surface area contributed by atoms with Crippen LogP contribution in [0, 0.1) is 5.82 Å². The van der Waals surface area contributed by atoms with Gasteiger partial charge in [0.25, 0.3) is 0 Å². The summed E-state index contributed by atoms with van der Waals surface area (Å²) in [6, 6.07) is 4.87. The number of benzene rings is 1. The summed E-state index contributed by atoms with van der Waals surface area (Å²) in [6.45, 7) is 2.09. The van der Waals surface area contributed by atoms with Gasteiger partial charge in [0.2, 0.25) is 5.95 Å². The van der Waals surface area contributed by atoms with E-state index >= 15 is 0 Å². The molecule has 5 nitrogen and oxygen atoms in total. The zero-order valence-electron chi connectivity index (χ0n) is 11.8. The number of hydrogen-bond acceptors (Lipinski definition) is 3. The van der Waals surface area contributed by atoms with E-state index in [1.165, 1.54) is 6.07 Å². The van der Waals surface area contributed by atoms with Crippen molar-refractivity contribution >= 4 is 33.0 Å². The normalized spacial score (nSPS) is 11.4. The Morgan fingerprint density at radius 2 is 2.14 bits per heavy atom. The number of fused-ring (bicyclic) bond motifs is 1. The SMILES string of the molecule is CCCc1nn(C)c2c1nc(N)n2-c1ccc(Br)c(F)c1. The quantitative estimate of drug-likeness (QED) is 0.788. The van der Waals surface area contributed by atoms with Gasteiger partial charge in [0.05, 0.1) is 15.9 Å². The second-order valence-electron chi connectivity index (χ2n) is 4.90. The fraction of sp³-hybridized carbons (Fsp3) is 0.286. The minimum atomic E-state index is -0.343. The maximum atomic E-state index is 13.8. The third-order valence-electron chi connectivity index (χ3n) is 3.38. The maximum Gasteiger partial charge on any atom is 0.207 e. The number of halogens is 2. The minimum Gasteiger partial charge on any atom is -0.369 e. The van der Waals surface area contributed by atoms with Gasteiger partial charge in [0.1, 0.15) is 11.3 Å². The van der Waals surface area contributed by atoms with E-state index in [4.69, 9.17) is 5.73 Å². The highest BCUT2D eigenvalue weighted by molar-refractivity contribution is 9.10. The Labute approximate surface area is 129 Å². The molecule has 0 atom stereocenters. The number of nitrogens with two attached hydrogens (primary N) is 1. The van der Waals surface area contributed by atoms with Gasteiger partial charge in [0, 0.05) is 7.05 Å². The molecule has 2 heterocycles. The van der Waals surface area contributed by atoms with Crippen LogP contribution in [0.25, 0.3) is 16.9 Å². The maximum absolute atomic E-state index is 13.8. The average Bonchev–Trinajstić information content (AvgIpc) is 2.92.